The quantitative estimate of drug-likeness (QED) is 0.409. The van der Waals surface area contributed by atoms with E-state index in [-0.39, 0.29) is 17.3 Å². The van der Waals surface area contributed by atoms with Crippen LogP contribution in [-0.2, 0) is 0 Å². The fraction of sp³-hybridized carbons (Fsp3) is 0.0357. The third-order valence-corrected chi connectivity index (χ3v) is 6.20. The predicted molar refractivity (Wildman–Crippen MR) is 120 cm³/mol. The van der Waals surface area contributed by atoms with Crippen LogP contribution < -0.4 is 4.74 Å². The van der Waals surface area contributed by atoms with Crippen LogP contribution in [-0.4, -0.2) is 11.6 Å². The Hall–Kier alpha value is -4.49. The van der Waals surface area contributed by atoms with Gasteiger partial charge in [0.2, 0.25) is 5.78 Å². The summed E-state index contributed by atoms with van der Waals surface area (Å²) >= 11 is 0. The van der Waals surface area contributed by atoms with Crippen molar-refractivity contribution in [1.29, 1.82) is 5.26 Å². The molecule has 0 aromatic heterocycles. The van der Waals surface area contributed by atoms with Crippen LogP contribution in [0.5, 0.6) is 5.75 Å². The molecule has 0 radical (unpaired) electrons. The van der Waals surface area contributed by atoms with E-state index in [0.717, 1.165) is 21.9 Å². The number of hydrogen-bond acceptors (Lipinski definition) is 4. The van der Waals surface area contributed by atoms with E-state index in [1.54, 1.807) is 36.4 Å². The lowest BCUT2D eigenvalue weighted by Gasteiger charge is -2.33. The molecule has 4 heteroatoms. The number of ether oxygens (including phenoxy) is 1. The summed E-state index contributed by atoms with van der Waals surface area (Å²) in [5.74, 6) is -0.323. The van der Waals surface area contributed by atoms with Gasteiger partial charge in [0.15, 0.2) is 11.5 Å². The first-order valence-corrected chi connectivity index (χ1v) is 10.3. The summed E-state index contributed by atoms with van der Waals surface area (Å²) in [6.07, 6.45) is 0. The molecule has 0 fully saturated rings. The van der Waals surface area contributed by atoms with Gasteiger partial charge < -0.3 is 4.74 Å². The van der Waals surface area contributed by atoms with Gasteiger partial charge in [-0.05, 0) is 34.5 Å². The van der Waals surface area contributed by atoms with Gasteiger partial charge in [-0.15, -0.1) is 0 Å². The molecule has 4 aromatic carbocycles. The molecule has 4 aromatic rings. The molecule has 0 saturated heterocycles. The topological polar surface area (TPSA) is 67.2 Å². The SMILES string of the molecule is N#Cc1ccc(C2C3=C(Oc4ccc5ccccc5c42)C(=O)c2ccccc2C3=O)cc1. The van der Waals surface area contributed by atoms with Crippen LogP contribution in [0.4, 0.5) is 0 Å². The molecule has 1 unspecified atom stereocenters. The van der Waals surface area contributed by atoms with Crippen molar-refractivity contribution in [3.05, 3.63) is 124 Å². The Labute approximate surface area is 184 Å². The Balaban J connectivity index is 1.68. The smallest absolute Gasteiger partial charge is 0.229 e. The Morgan fingerprint density at radius 1 is 0.750 bits per heavy atom. The number of rotatable bonds is 1. The molecule has 0 bridgehead atoms. The van der Waals surface area contributed by atoms with E-state index in [0.29, 0.717) is 28.0 Å². The van der Waals surface area contributed by atoms with Crippen LogP contribution in [0, 0.1) is 11.3 Å². The maximum atomic E-state index is 13.7. The zero-order valence-corrected chi connectivity index (χ0v) is 16.8. The minimum atomic E-state index is -0.489. The van der Waals surface area contributed by atoms with Gasteiger partial charge in [-0.3, -0.25) is 9.59 Å². The molecule has 0 amide bonds. The second-order valence-corrected chi connectivity index (χ2v) is 7.91. The summed E-state index contributed by atoms with van der Waals surface area (Å²) < 4.78 is 6.14. The van der Waals surface area contributed by atoms with Crippen LogP contribution in [0.15, 0.2) is 96.3 Å². The Bertz CT molecular complexity index is 1540. The van der Waals surface area contributed by atoms with Gasteiger partial charge in [0.05, 0.1) is 17.2 Å². The normalized spacial score (nSPS) is 16.7. The number of benzene rings is 4. The molecule has 4 nitrogen and oxygen atoms in total. The largest absolute Gasteiger partial charge is 0.452 e. The summed E-state index contributed by atoms with van der Waals surface area (Å²) in [5, 5.41) is 11.2. The van der Waals surface area contributed by atoms with E-state index >= 15 is 0 Å². The van der Waals surface area contributed by atoms with Crippen molar-refractivity contribution in [3.63, 3.8) is 0 Å². The zero-order chi connectivity index (χ0) is 21.8. The van der Waals surface area contributed by atoms with Gasteiger partial charge in [0, 0.05) is 22.6 Å². The molecule has 1 atom stereocenters. The third kappa shape index (κ3) is 2.49. The molecule has 2 aliphatic rings. The van der Waals surface area contributed by atoms with Gasteiger partial charge in [-0.25, -0.2) is 0 Å². The van der Waals surface area contributed by atoms with E-state index in [1.165, 1.54) is 0 Å². The van der Waals surface area contributed by atoms with Gasteiger partial charge >= 0.3 is 0 Å². The summed E-state index contributed by atoms with van der Waals surface area (Å²) in [6, 6.07) is 27.9. The monoisotopic (exact) mass is 413 g/mol. The Kier molecular flexibility index (Phi) is 3.87. The molecule has 0 saturated carbocycles. The molecule has 6 rings (SSSR count). The number of hydrogen-bond donors (Lipinski definition) is 0. The van der Waals surface area contributed by atoms with Crippen molar-refractivity contribution in [2.75, 3.05) is 0 Å². The fourth-order valence-corrected chi connectivity index (χ4v) is 4.74. The average molecular weight is 413 g/mol. The molecule has 0 spiro atoms. The number of nitriles is 1. The summed E-state index contributed by atoms with van der Waals surface area (Å²) in [6.45, 7) is 0. The molecule has 1 heterocycles. The van der Waals surface area contributed by atoms with E-state index < -0.39 is 5.92 Å². The molecule has 1 aliphatic heterocycles. The second-order valence-electron chi connectivity index (χ2n) is 7.91. The van der Waals surface area contributed by atoms with Crippen LogP contribution in [0.2, 0.25) is 0 Å². The van der Waals surface area contributed by atoms with Gasteiger partial charge in [-0.2, -0.15) is 5.26 Å². The number of carbonyl (C=O) groups excluding carboxylic acids is 2. The van der Waals surface area contributed by atoms with E-state index in [4.69, 9.17) is 4.74 Å². The standard InChI is InChI=1S/C28H15NO3/c29-15-16-9-11-18(12-10-16)23-24-19-6-2-1-5-17(19)13-14-22(24)32-28-25(23)26(30)20-7-3-4-8-21(20)27(28)31/h1-14,23H. The van der Waals surface area contributed by atoms with Crippen LogP contribution >= 0.6 is 0 Å². The Morgan fingerprint density at radius 3 is 2.19 bits per heavy atom. The molecule has 32 heavy (non-hydrogen) atoms. The summed E-state index contributed by atoms with van der Waals surface area (Å²) in [5.41, 5.74) is 3.32. The van der Waals surface area contributed by atoms with Crippen LogP contribution in [0.1, 0.15) is 43.3 Å². The van der Waals surface area contributed by atoms with Gasteiger partial charge in [0.25, 0.3) is 0 Å². The minimum Gasteiger partial charge on any atom is -0.452 e. The number of carbonyl (C=O) groups is 2. The first kappa shape index (κ1) is 18.3. The lowest BCUT2D eigenvalue weighted by molar-refractivity contribution is 0.0927. The van der Waals surface area contributed by atoms with Crippen molar-refractivity contribution >= 4 is 22.3 Å². The molecular weight excluding hydrogens is 398 g/mol. The fourth-order valence-electron chi connectivity index (χ4n) is 4.74. The highest BCUT2D eigenvalue weighted by Gasteiger charge is 2.43. The van der Waals surface area contributed by atoms with Crippen molar-refractivity contribution in [2.45, 2.75) is 5.92 Å². The van der Waals surface area contributed by atoms with Crippen molar-refractivity contribution in [3.8, 4) is 11.8 Å². The molecule has 1 aliphatic carbocycles. The van der Waals surface area contributed by atoms with E-state index in [1.807, 2.05) is 48.5 Å². The van der Waals surface area contributed by atoms with Crippen molar-refractivity contribution in [2.24, 2.45) is 0 Å². The number of allylic oxidation sites excluding steroid dienone is 2. The number of fused-ring (bicyclic) bond motifs is 4. The molecular formula is C28H15NO3. The number of ketones is 2. The maximum Gasteiger partial charge on any atom is 0.229 e. The first-order valence-electron chi connectivity index (χ1n) is 10.3. The molecule has 150 valence electrons. The van der Waals surface area contributed by atoms with Crippen LogP contribution in [0.3, 0.4) is 0 Å². The lowest BCUT2D eigenvalue weighted by atomic mass is 9.73. The summed E-state index contributed by atoms with van der Waals surface area (Å²) in [4.78, 5) is 27.1. The minimum absolute atomic E-state index is 0.0887. The molecule has 0 N–H and O–H groups in total. The predicted octanol–water partition coefficient (Wildman–Crippen LogP) is 5.57. The van der Waals surface area contributed by atoms with Crippen molar-refractivity contribution in [1.82, 2.24) is 0 Å². The summed E-state index contributed by atoms with van der Waals surface area (Å²) in [7, 11) is 0. The van der Waals surface area contributed by atoms with E-state index in [2.05, 4.69) is 6.07 Å². The number of Topliss-reactive ketones (excluding diaryl/α,β-unsaturated/α-hetero) is 2. The highest BCUT2D eigenvalue weighted by molar-refractivity contribution is 6.27. The lowest BCUT2D eigenvalue weighted by Crippen LogP contribution is -2.31. The Morgan fingerprint density at radius 2 is 1.44 bits per heavy atom. The van der Waals surface area contributed by atoms with Gasteiger partial charge in [0.1, 0.15) is 5.75 Å². The maximum absolute atomic E-state index is 13.7. The van der Waals surface area contributed by atoms with Crippen LogP contribution in [0.25, 0.3) is 10.8 Å². The third-order valence-electron chi connectivity index (χ3n) is 6.20. The van der Waals surface area contributed by atoms with Crippen molar-refractivity contribution < 1.29 is 14.3 Å². The van der Waals surface area contributed by atoms with E-state index in [9.17, 15) is 14.9 Å². The highest BCUT2D eigenvalue weighted by atomic mass is 16.5. The highest BCUT2D eigenvalue weighted by Crippen LogP contribution is 2.49. The first-order chi connectivity index (χ1) is 15.7. The second kappa shape index (κ2) is 6.76. The average Bonchev–Trinajstić information content (AvgIpc) is 2.86. The van der Waals surface area contributed by atoms with Gasteiger partial charge in [-0.1, -0.05) is 66.7 Å². The number of nitrogens with zero attached hydrogens (tertiary/aromatic N) is 1. The zero-order valence-electron chi connectivity index (χ0n) is 16.8.